The van der Waals surface area contributed by atoms with E-state index in [4.69, 9.17) is 28.6 Å². The smallest absolute Gasteiger partial charge is 0.262 e. The van der Waals surface area contributed by atoms with Crippen LogP contribution in [0.2, 0.25) is 0 Å². The summed E-state index contributed by atoms with van der Waals surface area (Å²) in [5, 5.41) is 3.32. The number of fused-ring (bicyclic) bond motifs is 2. The molecule has 0 aromatic heterocycles. The Hall–Kier alpha value is -1.85. The van der Waals surface area contributed by atoms with Crippen LogP contribution in [0, 0.1) is 24.9 Å². The molecule has 0 saturated carbocycles. The van der Waals surface area contributed by atoms with Crippen molar-refractivity contribution >= 4 is 37.0 Å². The average Bonchev–Trinajstić information content (AvgIpc) is 2.67. The summed E-state index contributed by atoms with van der Waals surface area (Å²) in [7, 11) is -7.47. The fourth-order valence-corrected chi connectivity index (χ4v) is 3.43. The summed E-state index contributed by atoms with van der Waals surface area (Å²) < 4.78 is 61.6. The van der Waals surface area contributed by atoms with Crippen LogP contribution in [0.1, 0.15) is 25.3 Å². The zero-order valence-electron chi connectivity index (χ0n) is 18.4. The topological polar surface area (TPSA) is 147 Å². The molecule has 0 bridgehead atoms. The molecule has 1 aliphatic carbocycles. The van der Waals surface area contributed by atoms with Crippen LogP contribution in [-0.4, -0.2) is 49.0 Å². The minimum atomic E-state index is -3.74. The Labute approximate surface area is 202 Å². The molecule has 0 spiro atoms. The van der Waals surface area contributed by atoms with E-state index in [1.165, 1.54) is 5.56 Å². The third-order valence-electron chi connectivity index (χ3n) is 3.84. The zero-order valence-corrected chi connectivity index (χ0v) is 21.0. The van der Waals surface area contributed by atoms with Crippen molar-refractivity contribution in [3.05, 3.63) is 53.9 Å². The molecule has 1 aromatic carbocycles. The predicted octanol–water partition coefficient (Wildman–Crippen LogP) is 3.95. The molecule has 0 radical (unpaired) electrons. The number of rotatable bonds is 6. The van der Waals surface area contributed by atoms with Gasteiger partial charge in [-0.15, -0.1) is 0 Å². The third-order valence-corrected chi connectivity index (χ3v) is 5.76. The first-order valence-corrected chi connectivity index (χ1v) is 13.5. The van der Waals surface area contributed by atoms with Crippen LogP contribution >= 0.6 is 0 Å². The van der Waals surface area contributed by atoms with Crippen LogP contribution in [0.25, 0.3) is 22.6 Å². The fraction of sp³-hybridized carbons (Fsp3) is 0.333. The van der Waals surface area contributed by atoms with E-state index in [9.17, 15) is 16.8 Å². The largest absolute Gasteiger partial charge is 0.342 e. The van der Waals surface area contributed by atoms with Gasteiger partial charge in [-0.1, -0.05) is 0 Å². The predicted molar refractivity (Wildman–Crippen MR) is 126 cm³/mol. The number of nitrogens with zero attached hydrogens (tertiary/aromatic N) is 1. The van der Waals surface area contributed by atoms with Gasteiger partial charge >= 0.3 is 118 Å². The van der Waals surface area contributed by atoms with Gasteiger partial charge in [-0.3, -0.25) is 9.11 Å². The molecule has 1 aliphatic heterocycles. The Morgan fingerprint density at radius 1 is 1.03 bits per heavy atom. The van der Waals surface area contributed by atoms with Gasteiger partial charge in [0.25, 0.3) is 20.2 Å². The summed E-state index contributed by atoms with van der Waals surface area (Å²) in [5.74, 6) is 0.252. The van der Waals surface area contributed by atoms with Crippen molar-refractivity contribution in [3.63, 3.8) is 0 Å². The molecule has 3 N–H and O–H groups in total. The monoisotopic (exact) mass is 542 g/mol. The Morgan fingerprint density at radius 3 is 2.06 bits per heavy atom. The van der Waals surface area contributed by atoms with E-state index < -0.39 is 20.2 Å². The Balaban J connectivity index is 0.000000324. The molecule has 9 nitrogen and oxygen atoms in total. The number of aromatic nitrogens is 1. The van der Waals surface area contributed by atoms with Crippen molar-refractivity contribution < 1.29 is 45.4 Å². The normalized spacial score (nSPS) is 11.4. The maximum absolute atomic E-state index is 9.75. The molecule has 1 aromatic rings. The van der Waals surface area contributed by atoms with Crippen molar-refractivity contribution in [1.29, 1.82) is 0 Å². The van der Waals surface area contributed by atoms with Gasteiger partial charge in [-0.25, -0.2) is 0 Å². The van der Waals surface area contributed by atoms with E-state index >= 15 is 0 Å². The minimum absolute atomic E-state index is 0.221. The zero-order chi connectivity index (χ0) is 25.2. The van der Waals surface area contributed by atoms with E-state index in [1.807, 2.05) is 30.3 Å². The first-order chi connectivity index (χ1) is 15.3. The molecule has 0 unspecified atom stereocenters. The molecule has 0 atom stereocenters. The van der Waals surface area contributed by atoms with Crippen LogP contribution in [-0.2, 0) is 35.3 Å². The van der Waals surface area contributed by atoms with E-state index in [0.29, 0.717) is 0 Å². The number of anilines is 1. The van der Waals surface area contributed by atoms with Crippen molar-refractivity contribution in [2.45, 2.75) is 26.7 Å². The molecule has 1 heterocycles. The summed E-state index contributed by atoms with van der Waals surface area (Å²) in [5.41, 5.74) is 4.73. The second-order valence-corrected chi connectivity index (χ2v) is 10.4. The van der Waals surface area contributed by atoms with Gasteiger partial charge in [-0.05, 0) is 0 Å². The number of hydrogen-bond donors (Lipinski definition) is 3. The van der Waals surface area contributed by atoms with E-state index in [0.717, 1.165) is 38.9 Å². The summed E-state index contributed by atoms with van der Waals surface area (Å²) in [6.45, 7) is 11.5. The van der Waals surface area contributed by atoms with Crippen LogP contribution < -0.4 is 5.32 Å². The molecule has 0 amide bonds. The SMILES string of the molecule is CCNc1cc2oc3c[c](=[Ni])ccc-3nc2cc1C.[CH2-]CCS(=O)(=O)O.[CH2-]CCS(=O)(=O)O. The summed E-state index contributed by atoms with van der Waals surface area (Å²) in [4.78, 5) is 4.62. The van der Waals surface area contributed by atoms with Gasteiger partial charge in [0, 0.05) is 11.5 Å². The number of nitrogens with one attached hydrogen (secondary N) is 1. The maximum Gasteiger partial charge on any atom is 0.262 e. The number of benzene rings is 2. The Bertz CT molecular complexity index is 1260. The second kappa shape index (κ2) is 13.1. The molecule has 188 valence electrons. The molecule has 0 fully saturated rings. The van der Waals surface area contributed by atoms with Gasteiger partial charge in [-0.2, -0.15) is 29.7 Å². The van der Waals surface area contributed by atoms with E-state index in [1.54, 1.807) is 0 Å². The van der Waals surface area contributed by atoms with Crippen LogP contribution in [0.5, 0.6) is 0 Å². The Kier molecular flexibility index (Phi) is 11.6. The molecule has 33 heavy (non-hydrogen) atoms. The summed E-state index contributed by atoms with van der Waals surface area (Å²) >= 11 is 4.84. The Morgan fingerprint density at radius 2 is 1.61 bits per heavy atom. The average molecular weight is 543 g/mol. The molecular weight excluding hydrogens is 515 g/mol. The number of hydrogen-bond acceptors (Lipinski definition) is 7. The van der Waals surface area contributed by atoms with Crippen molar-refractivity contribution in [2.75, 3.05) is 23.4 Å². The van der Waals surface area contributed by atoms with Gasteiger partial charge in [0.05, 0.1) is 0 Å². The van der Waals surface area contributed by atoms with Crippen LogP contribution in [0.15, 0.2) is 34.7 Å². The summed E-state index contributed by atoms with van der Waals surface area (Å²) in [6, 6.07) is 9.69. The second-order valence-electron chi connectivity index (χ2n) is 6.73. The van der Waals surface area contributed by atoms with Gasteiger partial charge in [0.2, 0.25) is 0 Å². The summed E-state index contributed by atoms with van der Waals surface area (Å²) in [6.07, 6.45) is 0.442. The van der Waals surface area contributed by atoms with Crippen LogP contribution in [0.3, 0.4) is 0 Å². The molecular formula is C21H28N2NiO7S2-2. The quantitative estimate of drug-likeness (QED) is 0.182. The third kappa shape index (κ3) is 11.2. The van der Waals surface area contributed by atoms with Crippen LogP contribution in [0.4, 0.5) is 5.69 Å². The van der Waals surface area contributed by atoms with Gasteiger partial charge < -0.3 is 13.8 Å². The first-order valence-electron chi connectivity index (χ1n) is 9.83. The maximum atomic E-state index is 9.75. The molecule has 0 saturated heterocycles. The fourth-order valence-electron chi connectivity index (χ4n) is 2.48. The van der Waals surface area contributed by atoms with E-state index in [-0.39, 0.29) is 24.3 Å². The van der Waals surface area contributed by atoms with Crippen molar-refractivity contribution in [3.8, 4) is 11.5 Å². The molecule has 2 aliphatic rings. The standard InChI is InChI=1S/C15H14N2O.2C3H7O3S.Ni/c1-3-16-12-9-15-13(8-10(12)2)17-11-6-4-5-7-14(11)18-15;2*1-2-3-7(4,5)6;/h4,6-9,16H,3H2,1-2H3;2*1-3H2,(H,4,5,6);/q;2*-1;. The van der Waals surface area contributed by atoms with Crippen molar-refractivity contribution in [1.82, 2.24) is 4.98 Å². The van der Waals surface area contributed by atoms with Crippen molar-refractivity contribution in [2.24, 2.45) is 0 Å². The molecule has 3 rings (SSSR count). The molecule has 12 heteroatoms. The van der Waals surface area contributed by atoms with Gasteiger partial charge in [0.1, 0.15) is 0 Å². The van der Waals surface area contributed by atoms with Gasteiger partial charge in [0.15, 0.2) is 0 Å². The first kappa shape index (κ1) is 29.2. The minimum Gasteiger partial charge on any atom is -0.342 e. The number of aryl methyl sites for hydroxylation is 1. The van der Waals surface area contributed by atoms with E-state index in [2.05, 4.69) is 38.0 Å².